The van der Waals surface area contributed by atoms with Crippen LogP contribution < -0.4 is 19.9 Å². The number of carboxylic acid groups (broad SMARTS) is 1. The molecule has 0 saturated heterocycles. The third kappa shape index (κ3) is 5.07. The van der Waals surface area contributed by atoms with E-state index in [1.165, 1.54) is 20.1 Å². The van der Waals surface area contributed by atoms with Gasteiger partial charge >= 0.3 is 5.97 Å². The molecule has 2 aromatic carbocycles. The molecule has 7 nitrogen and oxygen atoms in total. The second-order valence-corrected chi connectivity index (χ2v) is 5.52. The topological polar surface area (TPSA) is 105 Å². The van der Waals surface area contributed by atoms with Crippen molar-refractivity contribution in [3.63, 3.8) is 0 Å². The predicted molar refractivity (Wildman–Crippen MR) is 90.7 cm³/mol. The minimum absolute atomic E-state index is 0.00514. The molecule has 0 spiro atoms. The number of rotatable bonds is 7. The van der Waals surface area contributed by atoms with Crippen LogP contribution in [-0.4, -0.2) is 31.0 Å². The zero-order valence-electron chi connectivity index (χ0n) is 14.4. The number of benzene rings is 2. The number of amides is 1. The second kappa shape index (κ2) is 8.66. The number of carbonyl (C=O) groups is 3. The van der Waals surface area contributed by atoms with E-state index >= 15 is 0 Å². The van der Waals surface area contributed by atoms with Crippen LogP contribution in [0.15, 0.2) is 48.5 Å². The average molecular weight is 356 g/mol. The van der Waals surface area contributed by atoms with Crippen LogP contribution in [0.5, 0.6) is 11.5 Å². The summed E-state index contributed by atoms with van der Waals surface area (Å²) < 4.78 is 10.6. The number of methoxy groups -OCH3 is 1. The molecule has 136 valence electrons. The number of hydrogen-bond acceptors (Lipinski definition) is 6. The summed E-state index contributed by atoms with van der Waals surface area (Å²) in [4.78, 5) is 34.4. The Kier molecular flexibility index (Phi) is 6.32. The molecule has 2 aromatic rings. The molecule has 0 saturated carbocycles. The van der Waals surface area contributed by atoms with E-state index in [1.807, 2.05) is 0 Å². The van der Waals surface area contributed by atoms with Crippen molar-refractivity contribution in [3.05, 3.63) is 59.7 Å². The molecule has 1 amide bonds. The lowest BCUT2D eigenvalue weighted by molar-refractivity contribution is -0.308. The molecule has 0 aromatic heterocycles. The van der Waals surface area contributed by atoms with E-state index in [2.05, 4.69) is 5.32 Å². The number of carbonyl (C=O) groups excluding carboxylic acids is 3. The third-order valence-electron chi connectivity index (χ3n) is 3.54. The summed E-state index contributed by atoms with van der Waals surface area (Å²) in [6.45, 7) is 1.22. The summed E-state index contributed by atoms with van der Waals surface area (Å²) in [5, 5.41) is 13.4. The smallest absolute Gasteiger partial charge is 0.343 e. The van der Waals surface area contributed by atoms with Crippen molar-refractivity contribution in [1.82, 2.24) is 5.32 Å². The van der Waals surface area contributed by atoms with Crippen LogP contribution in [0.1, 0.15) is 22.8 Å². The molecule has 0 radical (unpaired) electrons. The van der Waals surface area contributed by atoms with Crippen LogP contribution in [0.25, 0.3) is 0 Å². The van der Waals surface area contributed by atoms with E-state index in [0.29, 0.717) is 11.1 Å². The van der Waals surface area contributed by atoms with Gasteiger partial charge in [0.15, 0.2) is 11.5 Å². The van der Waals surface area contributed by atoms with Gasteiger partial charge < -0.3 is 24.7 Å². The Balaban J connectivity index is 2.17. The summed E-state index contributed by atoms with van der Waals surface area (Å²) in [5.41, 5.74) is 0.964. The highest BCUT2D eigenvalue weighted by atomic mass is 16.6. The van der Waals surface area contributed by atoms with E-state index in [9.17, 15) is 19.5 Å². The van der Waals surface area contributed by atoms with Gasteiger partial charge in [-0.3, -0.25) is 4.79 Å². The Morgan fingerprint density at radius 1 is 1.08 bits per heavy atom. The molecule has 0 aliphatic heterocycles. The van der Waals surface area contributed by atoms with Gasteiger partial charge in [0.25, 0.3) is 0 Å². The first-order valence-corrected chi connectivity index (χ1v) is 7.82. The molecule has 26 heavy (non-hydrogen) atoms. The largest absolute Gasteiger partial charge is 0.548 e. The summed E-state index contributed by atoms with van der Waals surface area (Å²) in [7, 11) is 1.41. The molecule has 2 rings (SSSR count). The monoisotopic (exact) mass is 356 g/mol. The lowest BCUT2D eigenvalue weighted by Crippen LogP contribution is -2.48. The van der Waals surface area contributed by atoms with Crippen molar-refractivity contribution in [2.24, 2.45) is 0 Å². The molecule has 0 fully saturated rings. The van der Waals surface area contributed by atoms with Gasteiger partial charge in [0.2, 0.25) is 5.91 Å². The quantitative estimate of drug-likeness (QED) is 0.579. The van der Waals surface area contributed by atoms with Crippen LogP contribution in [-0.2, 0) is 16.0 Å². The normalized spacial score (nSPS) is 11.3. The summed E-state index contributed by atoms with van der Waals surface area (Å²) >= 11 is 0. The maximum atomic E-state index is 12.1. The standard InChI is InChI=1S/C19H19NO6/c1-12(21)20-15(18(22)23)10-13-8-9-16(17(11-13)25-2)26-19(24)14-6-4-3-5-7-14/h3-9,11,15H,10H2,1-2H3,(H,20,21)(H,22,23)/p-1/t15-/m1/s1. The number of ether oxygens (including phenoxy) is 2. The van der Waals surface area contributed by atoms with E-state index < -0.39 is 23.9 Å². The molecule has 0 heterocycles. The zero-order valence-corrected chi connectivity index (χ0v) is 14.4. The Bertz CT molecular complexity index is 803. The van der Waals surface area contributed by atoms with Crippen molar-refractivity contribution in [2.45, 2.75) is 19.4 Å². The van der Waals surface area contributed by atoms with Gasteiger partial charge in [0.05, 0.1) is 24.7 Å². The van der Waals surface area contributed by atoms with Gasteiger partial charge in [0, 0.05) is 6.92 Å². The van der Waals surface area contributed by atoms with Gasteiger partial charge in [0.1, 0.15) is 0 Å². The molecule has 1 atom stereocenters. The van der Waals surface area contributed by atoms with E-state index in [4.69, 9.17) is 9.47 Å². The van der Waals surface area contributed by atoms with Crippen LogP contribution in [0.3, 0.4) is 0 Å². The average Bonchev–Trinajstić information content (AvgIpc) is 2.62. The van der Waals surface area contributed by atoms with Crippen molar-refractivity contribution in [3.8, 4) is 11.5 Å². The minimum atomic E-state index is -1.39. The van der Waals surface area contributed by atoms with Crippen molar-refractivity contribution in [1.29, 1.82) is 0 Å². The molecule has 0 aliphatic carbocycles. The molecule has 0 aliphatic rings. The van der Waals surface area contributed by atoms with E-state index in [1.54, 1.807) is 42.5 Å². The van der Waals surface area contributed by atoms with E-state index in [-0.39, 0.29) is 17.9 Å². The number of nitrogens with one attached hydrogen (secondary N) is 1. The molecular formula is C19H18NO6-. The first-order chi connectivity index (χ1) is 12.4. The van der Waals surface area contributed by atoms with Gasteiger partial charge in [-0.25, -0.2) is 4.79 Å². The fourth-order valence-electron chi connectivity index (χ4n) is 2.33. The highest BCUT2D eigenvalue weighted by Gasteiger charge is 2.16. The Labute approximate surface area is 150 Å². The number of esters is 1. The first-order valence-electron chi connectivity index (χ1n) is 7.82. The maximum Gasteiger partial charge on any atom is 0.343 e. The number of carboxylic acids is 1. The van der Waals surface area contributed by atoms with Gasteiger partial charge in [-0.1, -0.05) is 24.3 Å². The summed E-state index contributed by atoms with van der Waals surface area (Å²) in [5.74, 6) is -1.93. The first kappa shape index (κ1) is 19.0. The lowest BCUT2D eigenvalue weighted by Gasteiger charge is -2.19. The lowest BCUT2D eigenvalue weighted by atomic mass is 10.1. The van der Waals surface area contributed by atoms with Crippen LogP contribution in [0, 0.1) is 0 Å². The molecule has 7 heteroatoms. The third-order valence-corrected chi connectivity index (χ3v) is 3.54. The zero-order chi connectivity index (χ0) is 19.1. The summed E-state index contributed by atoms with van der Waals surface area (Å²) in [6.07, 6.45) is 0.00514. The van der Waals surface area contributed by atoms with Gasteiger partial charge in [-0.2, -0.15) is 0 Å². The van der Waals surface area contributed by atoms with Crippen molar-refractivity contribution < 1.29 is 29.0 Å². The van der Waals surface area contributed by atoms with Crippen LogP contribution >= 0.6 is 0 Å². The van der Waals surface area contributed by atoms with Gasteiger partial charge in [-0.05, 0) is 36.2 Å². The number of aliphatic carboxylic acids is 1. The van der Waals surface area contributed by atoms with Crippen molar-refractivity contribution in [2.75, 3.05) is 7.11 Å². The fraction of sp³-hybridized carbons (Fsp3) is 0.211. The highest BCUT2D eigenvalue weighted by molar-refractivity contribution is 5.91. The van der Waals surface area contributed by atoms with Crippen LogP contribution in [0.4, 0.5) is 0 Å². The molecule has 0 unspecified atom stereocenters. The Morgan fingerprint density at radius 3 is 2.35 bits per heavy atom. The predicted octanol–water partition coefficient (Wildman–Crippen LogP) is 0.712. The number of hydrogen-bond donors (Lipinski definition) is 1. The van der Waals surface area contributed by atoms with Crippen LogP contribution in [0.2, 0.25) is 0 Å². The SMILES string of the molecule is COc1cc(C[C@@H](NC(C)=O)C(=O)[O-])ccc1OC(=O)c1ccccc1. The van der Waals surface area contributed by atoms with Crippen molar-refractivity contribution >= 4 is 17.8 Å². The highest BCUT2D eigenvalue weighted by Crippen LogP contribution is 2.29. The molecule has 0 bridgehead atoms. The molecular weight excluding hydrogens is 338 g/mol. The minimum Gasteiger partial charge on any atom is -0.548 e. The molecule has 1 N–H and O–H groups in total. The Morgan fingerprint density at radius 2 is 1.77 bits per heavy atom. The van der Waals surface area contributed by atoms with E-state index in [0.717, 1.165) is 0 Å². The summed E-state index contributed by atoms with van der Waals surface area (Å²) in [6, 6.07) is 12.0. The fourth-order valence-corrected chi connectivity index (χ4v) is 2.33. The Hall–Kier alpha value is -3.35. The van der Waals surface area contributed by atoms with Gasteiger partial charge in [-0.15, -0.1) is 0 Å². The second-order valence-electron chi connectivity index (χ2n) is 5.52. The maximum absolute atomic E-state index is 12.1.